The first-order valence-electron chi connectivity index (χ1n) is 5.98. The van der Waals surface area contributed by atoms with Gasteiger partial charge in [0.2, 0.25) is 0 Å². The van der Waals surface area contributed by atoms with E-state index in [9.17, 15) is 8.42 Å². The minimum absolute atomic E-state index is 0.0695. The van der Waals surface area contributed by atoms with Gasteiger partial charge in [0.05, 0.1) is 16.2 Å². The molecule has 17 heavy (non-hydrogen) atoms. The Morgan fingerprint density at radius 3 is 2.41 bits per heavy atom. The van der Waals surface area contributed by atoms with Crippen molar-refractivity contribution >= 4 is 9.84 Å². The number of hydrogen-bond acceptors (Lipinski definition) is 3. The first-order valence-corrected chi connectivity index (χ1v) is 7.53. The van der Waals surface area contributed by atoms with E-state index >= 15 is 0 Å². The fourth-order valence-electron chi connectivity index (χ4n) is 2.66. The van der Waals surface area contributed by atoms with Gasteiger partial charge in [-0.05, 0) is 44.0 Å². The zero-order valence-corrected chi connectivity index (χ0v) is 11.6. The molecule has 1 heterocycles. The summed E-state index contributed by atoms with van der Waals surface area (Å²) in [6, 6.07) is 3.83. The summed E-state index contributed by atoms with van der Waals surface area (Å²) in [5, 5.41) is 2.92. The highest BCUT2D eigenvalue weighted by Gasteiger charge is 2.43. The van der Waals surface area contributed by atoms with Crippen LogP contribution >= 0.6 is 0 Å². The Morgan fingerprint density at radius 2 is 1.82 bits per heavy atom. The smallest absolute Gasteiger partial charge is 0.183 e. The molecule has 2 atom stereocenters. The third-order valence-corrected chi connectivity index (χ3v) is 5.95. The third kappa shape index (κ3) is 1.70. The van der Waals surface area contributed by atoms with E-state index in [1.807, 2.05) is 32.9 Å². The summed E-state index contributed by atoms with van der Waals surface area (Å²) in [5.41, 5.74) is 2.89. The average molecular weight is 253 g/mol. The van der Waals surface area contributed by atoms with Gasteiger partial charge >= 0.3 is 0 Å². The number of benzene rings is 1. The molecule has 0 saturated heterocycles. The van der Waals surface area contributed by atoms with Gasteiger partial charge in [-0.3, -0.25) is 0 Å². The Labute approximate surface area is 103 Å². The fourth-order valence-corrected chi connectivity index (χ4v) is 4.73. The van der Waals surface area contributed by atoms with Crippen molar-refractivity contribution in [2.24, 2.45) is 0 Å². The summed E-state index contributed by atoms with van der Waals surface area (Å²) in [4.78, 5) is 0.552. The second-order valence-corrected chi connectivity index (χ2v) is 6.97. The van der Waals surface area contributed by atoms with Crippen LogP contribution < -0.4 is 5.32 Å². The van der Waals surface area contributed by atoms with Crippen molar-refractivity contribution in [2.75, 3.05) is 6.54 Å². The molecule has 1 aliphatic rings. The van der Waals surface area contributed by atoms with E-state index in [1.54, 1.807) is 6.92 Å². The lowest BCUT2D eigenvalue weighted by atomic mass is 9.97. The molecule has 1 aliphatic heterocycles. The molecule has 0 bridgehead atoms. The topological polar surface area (TPSA) is 46.2 Å². The van der Waals surface area contributed by atoms with E-state index in [4.69, 9.17) is 0 Å². The van der Waals surface area contributed by atoms with Gasteiger partial charge in [0.1, 0.15) is 0 Å². The maximum atomic E-state index is 12.4. The van der Waals surface area contributed by atoms with Crippen LogP contribution in [0.2, 0.25) is 0 Å². The fraction of sp³-hybridized carbons (Fsp3) is 0.538. The minimum Gasteiger partial charge on any atom is -0.309 e. The molecule has 2 rings (SSSR count). The first-order chi connectivity index (χ1) is 7.91. The van der Waals surface area contributed by atoms with Crippen LogP contribution in [0.25, 0.3) is 0 Å². The maximum absolute atomic E-state index is 12.4. The molecule has 0 spiro atoms. The van der Waals surface area contributed by atoms with E-state index in [1.165, 1.54) is 0 Å². The molecule has 1 aromatic rings. The van der Waals surface area contributed by atoms with Gasteiger partial charge in [-0.15, -0.1) is 0 Å². The van der Waals surface area contributed by atoms with Crippen molar-refractivity contribution in [3.8, 4) is 0 Å². The van der Waals surface area contributed by atoms with Crippen molar-refractivity contribution < 1.29 is 8.42 Å². The van der Waals surface area contributed by atoms with E-state index in [0.717, 1.165) is 23.2 Å². The number of fused-ring (bicyclic) bond motifs is 1. The largest absolute Gasteiger partial charge is 0.309 e. The molecule has 94 valence electrons. The van der Waals surface area contributed by atoms with Gasteiger partial charge in [-0.1, -0.05) is 19.1 Å². The van der Waals surface area contributed by atoms with Crippen molar-refractivity contribution in [3.63, 3.8) is 0 Å². The van der Waals surface area contributed by atoms with Crippen LogP contribution in [-0.4, -0.2) is 20.2 Å². The van der Waals surface area contributed by atoms with Crippen LogP contribution in [0.4, 0.5) is 0 Å². The van der Waals surface area contributed by atoms with Crippen molar-refractivity contribution in [3.05, 3.63) is 28.8 Å². The van der Waals surface area contributed by atoms with E-state index in [-0.39, 0.29) is 11.3 Å². The standard InChI is InChI=1S/C13H19NO2S/c1-5-14-12-10(4)17(15,16)13-9(3)7-6-8(2)11(12)13/h6-7,10,12,14H,5H2,1-4H3. The molecule has 0 amide bonds. The molecular weight excluding hydrogens is 234 g/mol. The molecule has 0 aliphatic carbocycles. The van der Waals surface area contributed by atoms with Crippen molar-refractivity contribution in [1.29, 1.82) is 0 Å². The van der Waals surface area contributed by atoms with Crippen LogP contribution in [0.1, 0.15) is 36.6 Å². The van der Waals surface area contributed by atoms with Crippen LogP contribution in [0.15, 0.2) is 17.0 Å². The Hall–Kier alpha value is -0.870. The maximum Gasteiger partial charge on any atom is 0.183 e. The molecule has 1 N–H and O–H groups in total. The van der Waals surface area contributed by atoms with Crippen molar-refractivity contribution in [2.45, 2.75) is 43.9 Å². The number of rotatable bonds is 2. The predicted octanol–water partition coefficient (Wildman–Crippen LogP) is 2.13. The van der Waals surface area contributed by atoms with Gasteiger partial charge in [-0.25, -0.2) is 8.42 Å². The Kier molecular flexibility index (Phi) is 3.04. The molecule has 1 aromatic carbocycles. The van der Waals surface area contributed by atoms with E-state index in [0.29, 0.717) is 4.90 Å². The normalized spacial score (nSPS) is 25.9. The zero-order chi connectivity index (χ0) is 12.8. The summed E-state index contributed by atoms with van der Waals surface area (Å²) in [5.74, 6) is 0. The highest BCUT2D eigenvalue weighted by atomic mass is 32.2. The third-order valence-electron chi connectivity index (χ3n) is 3.59. The molecule has 0 radical (unpaired) electrons. The predicted molar refractivity (Wildman–Crippen MR) is 69.0 cm³/mol. The minimum atomic E-state index is -3.17. The lowest BCUT2D eigenvalue weighted by Gasteiger charge is -2.17. The quantitative estimate of drug-likeness (QED) is 0.878. The highest BCUT2D eigenvalue weighted by Crippen LogP contribution is 2.42. The van der Waals surface area contributed by atoms with Gasteiger partial charge in [0.15, 0.2) is 9.84 Å². The summed E-state index contributed by atoms with van der Waals surface area (Å²) < 4.78 is 24.8. The number of sulfone groups is 1. The Bertz CT molecular complexity index is 549. The monoisotopic (exact) mass is 253 g/mol. The van der Waals surface area contributed by atoms with E-state index in [2.05, 4.69) is 5.32 Å². The zero-order valence-electron chi connectivity index (χ0n) is 10.7. The lowest BCUT2D eigenvalue weighted by molar-refractivity contribution is 0.528. The van der Waals surface area contributed by atoms with Crippen LogP contribution in [0.3, 0.4) is 0 Å². The molecule has 0 aromatic heterocycles. The van der Waals surface area contributed by atoms with E-state index < -0.39 is 9.84 Å². The van der Waals surface area contributed by atoms with Gasteiger partial charge < -0.3 is 5.32 Å². The van der Waals surface area contributed by atoms with Crippen LogP contribution in [0, 0.1) is 13.8 Å². The van der Waals surface area contributed by atoms with Crippen LogP contribution in [-0.2, 0) is 9.84 Å². The first kappa shape index (κ1) is 12.6. The SMILES string of the molecule is CCNC1c2c(C)ccc(C)c2S(=O)(=O)C1C. The summed E-state index contributed by atoms with van der Waals surface area (Å²) in [7, 11) is -3.17. The average Bonchev–Trinajstić information content (AvgIpc) is 2.46. The molecular formula is C13H19NO2S. The Balaban J connectivity index is 2.74. The lowest BCUT2D eigenvalue weighted by Crippen LogP contribution is -2.29. The Morgan fingerprint density at radius 1 is 1.24 bits per heavy atom. The molecule has 0 saturated carbocycles. The molecule has 0 fully saturated rings. The summed E-state index contributed by atoms with van der Waals surface area (Å²) in [6.07, 6.45) is 0. The number of nitrogens with one attached hydrogen (secondary N) is 1. The van der Waals surface area contributed by atoms with Crippen molar-refractivity contribution in [1.82, 2.24) is 5.32 Å². The highest BCUT2D eigenvalue weighted by molar-refractivity contribution is 7.92. The molecule has 2 unspecified atom stereocenters. The summed E-state index contributed by atoms with van der Waals surface area (Å²) >= 11 is 0. The number of hydrogen-bond donors (Lipinski definition) is 1. The molecule has 4 heteroatoms. The second kappa shape index (κ2) is 4.10. The molecule has 3 nitrogen and oxygen atoms in total. The number of aryl methyl sites for hydroxylation is 2. The van der Waals surface area contributed by atoms with Gasteiger partial charge in [-0.2, -0.15) is 0 Å². The van der Waals surface area contributed by atoms with Gasteiger partial charge in [0, 0.05) is 0 Å². The summed E-state index contributed by atoms with van der Waals surface area (Å²) in [6.45, 7) is 8.42. The van der Waals surface area contributed by atoms with Crippen LogP contribution in [0.5, 0.6) is 0 Å². The second-order valence-electron chi connectivity index (χ2n) is 4.73. The van der Waals surface area contributed by atoms with Gasteiger partial charge in [0.25, 0.3) is 0 Å².